The maximum atomic E-state index is 4.48. The number of anilines is 1. The van der Waals surface area contributed by atoms with Crippen molar-refractivity contribution in [2.24, 2.45) is 0 Å². The molecule has 0 spiro atoms. The quantitative estimate of drug-likeness (QED) is 0.864. The summed E-state index contributed by atoms with van der Waals surface area (Å²) in [5.41, 5.74) is 0. The van der Waals surface area contributed by atoms with Crippen LogP contribution in [-0.2, 0) is 0 Å². The van der Waals surface area contributed by atoms with Gasteiger partial charge in [-0.2, -0.15) is 0 Å². The second kappa shape index (κ2) is 5.87. The molecule has 1 saturated carbocycles. The molecule has 0 amide bonds. The number of aromatic nitrogens is 2. The van der Waals surface area contributed by atoms with E-state index >= 15 is 0 Å². The van der Waals surface area contributed by atoms with Crippen LogP contribution in [0.15, 0.2) is 15.7 Å². The number of nitrogens with zero attached hydrogens (tertiary/aromatic N) is 2. The van der Waals surface area contributed by atoms with Gasteiger partial charge in [-0.15, -0.1) is 11.8 Å². The molecule has 1 fully saturated rings. The van der Waals surface area contributed by atoms with E-state index in [9.17, 15) is 0 Å². The third-order valence-electron chi connectivity index (χ3n) is 2.77. The van der Waals surface area contributed by atoms with Gasteiger partial charge < -0.3 is 5.32 Å². The van der Waals surface area contributed by atoms with E-state index in [-0.39, 0.29) is 0 Å². The number of hydrogen-bond acceptors (Lipinski definition) is 4. The Morgan fingerprint density at radius 2 is 2.12 bits per heavy atom. The number of hydrogen-bond donors (Lipinski definition) is 1. The first kappa shape index (κ1) is 12.2. The lowest BCUT2D eigenvalue weighted by Crippen LogP contribution is -2.08. The van der Waals surface area contributed by atoms with Crippen molar-refractivity contribution in [3.05, 3.63) is 10.7 Å². The molecule has 0 unspecified atom stereocenters. The Labute approximate surface area is 109 Å². The Bertz CT molecular complexity index is 353. The van der Waals surface area contributed by atoms with Crippen molar-refractivity contribution >= 4 is 33.6 Å². The van der Waals surface area contributed by atoms with Gasteiger partial charge in [0.05, 0.1) is 4.47 Å². The van der Waals surface area contributed by atoms with Crippen molar-refractivity contribution < 1.29 is 0 Å². The zero-order valence-corrected chi connectivity index (χ0v) is 11.8. The molecule has 0 saturated heterocycles. The van der Waals surface area contributed by atoms with E-state index in [2.05, 4.69) is 31.2 Å². The number of rotatable bonds is 3. The Balaban J connectivity index is 2.06. The van der Waals surface area contributed by atoms with Crippen LogP contribution in [0.3, 0.4) is 0 Å². The molecule has 0 bridgehead atoms. The molecule has 0 atom stereocenters. The topological polar surface area (TPSA) is 37.8 Å². The van der Waals surface area contributed by atoms with Crippen LogP contribution in [0.1, 0.15) is 32.1 Å². The van der Waals surface area contributed by atoms with E-state index in [4.69, 9.17) is 0 Å². The molecule has 2 rings (SSSR count). The van der Waals surface area contributed by atoms with Crippen molar-refractivity contribution in [2.75, 3.05) is 12.4 Å². The van der Waals surface area contributed by atoms with Crippen molar-refractivity contribution in [1.29, 1.82) is 0 Å². The molecule has 88 valence electrons. The fourth-order valence-electron chi connectivity index (χ4n) is 1.90. The largest absolute Gasteiger partial charge is 0.357 e. The summed E-state index contributed by atoms with van der Waals surface area (Å²) in [4.78, 5) is 8.65. The minimum absolute atomic E-state index is 0.696. The van der Waals surface area contributed by atoms with Crippen molar-refractivity contribution in [3.63, 3.8) is 0 Å². The third-order valence-corrected chi connectivity index (χ3v) is 4.95. The molecule has 1 aromatic rings. The predicted molar refractivity (Wildman–Crippen MR) is 72.0 cm³/mol. The SMILES string of the molecule is CNc1ncc(Br)c(SC2CCCCC2)n1. The Morgan fingerprint density at radius 3 is 2.81 bits per heavy atom. The van der Waals surface area contributed by atoms with Gasteiger partial charge in [-0.1, -0.05) is 19.3 Å². The zero-order chi connectivity index (χ0) is 11.4. The van der Waals surface area contributed by atoms with E-state index in [0.717, 1.165) is 14.7 Å². The predicted octanol–water partition coefficient (Wildman–Crippen LogP) is 3.71. The monoisotopic (exact) mass is 301 g/mol. The lowest BCUT2D eigenvalue weighted by Gasteiger charge is -2.20. The molecular weight excluding hydrogens is 286 g/mol. The standard InChI is InChI=1S/C11H16BrN3S/c1-13-11-14-7-9(12)10(15-11)16-8-5-3-2-4-6-8/h7-8H,2-6H2,1H3,(H,13,14,15). The molecule has 1 aliphatic rings. The maximum absolute atomic E-state index is 4.48. The fraction of sp³-hybridized carbons (Fsp3) is 0.636. The number of thioether (sulfide) groups is 1. The van der Waals surface area contributed by atoms with Crippen LogP contribution in [0, 0.1) is 0 Å². The second-order valence-electron chi connectivity index (χ2n) is 3.97. The lowest BCUT2D eigenvalue weighted by molar-refractivity contribution is 0.515. The Kier molecular flexibility index (Phi) is 4.46. The first-order valence-electron chi connectivity index (χ1n) is 5.66. The zero-order valence-electron chi connectivity index (χ0n) is 9.37. The summed E-state index contributed by atoms with van der Waals surface area (Å²) < 4.78 is 1.00. The van der Waals surface area contributed by atoms with Gasteiger partial charge in [-0.25, -0.2) is 9.97 Å². The van der Waals surface area contributed by atoms with Crippen LogP contribution in [0.4, 0.5) is 5.95 Å². The van der Waals surface area contributed by atoms with Crippen LogP contribution in [0.2, 0.25) is 0 Å². The van der Waals surface area contributed by atoms with Crippen LogP contribution in [-0.4, -0.2) is 22.3 Å². The first-order valence-corrected chi connectivity index (χ1v) is 7.34. The van der Waals surface area contributed by atoms with Gasteiger partial charge >= 0.3 is 0 Å². The van der Waals surface area contributed by atoms with Crippen LogP contribution in [0.5, 0.6) is 0 Å². The van der Waals surface area contributed by atoms with E-state index in [1.54, 1.807) is 0 Å². The summed E-state index contributed by atoms with van der Waals surface area (Å²) in [6.45, 7) is 0. The normalized spacial score (nSPS) is 17.4. The third kappa shape index (κ3) is 3.10. The summed E-state index contributed by atoms with van der Waals surface area (Å²) in [7, 11) is 1.85. The highest BCUT2D eigenvalue weighted by Crippen LogP contribution is 2.35. The minimum atomic E-state index is 0.696. The molecule has 1 N–H and O–H groups in total. The first-order chi connectivity index (χ1) is 7.79. The molecule has 1 aromatic heterocycles. The fourth-order valence-corrected chi connectivity index (χ4v) is 3.56. The summed E-state index contributed by atoms with van der Waals surface area (Å²) in [6.07, 6.45) is 8.57. The number of halogens is 1. The number of nitrogens with one attached hydrogen (secondary N) is 1. The van der Waals surface area contributed by atoms with E-state index in [1.165, 1.54) is 32.1 Å². The van der Waals surface area contributed by atoms with E-state index in [1.807, 2.05) is 25.0 Å². The average molecular weight is 302 g/mol. The highest BCUT2D eigenvalue weighted by Gasteiger charge is 2.17. The summed E-state index contributed by atoms with van der Waals surface area (Å²) >= 11 is 5.40. The minimum Gasteiger partial charge on any atom is -0.357 e. The highest BCUT2D eigenvalue weighted by atomic mass is 79.9. The van der Waals surface area contributed by atoms with E-state index < -0.39 is 0 Å². The van der Waals surface area contributed by atoms with Gasteiger partial charge in [0.25, 0.3) is 0 Å². The molecule has 0 radical (unpaired) electrons. The van der Waals surface area contributed by atoms with Gasteiger partial charge in [-0.3, -0.25) is 0 Å². The molecule has 16 heavy (non-hydrogen) atoms. The summed E-state index contributed by atoms with van der Waals surface area (Å²) in [5, 5.41) is 4.76. The Morgan fingerprint density at radius 1 is 1.38 bits per heavy atom. The average Bonchev–Trinajstić information content (AvgIpc) is 2.33. The van der Waals surface area contributed by atoms with Crippen molar-refractivity contribution in [2.45, 2.75) is 42.4 Å². The van der Waals surface area contributed by atoms with Gasteiger partial charge in [0, 0.05) is 18.5 Å². The molecule has 1 aliphatic carbocycles. The smallest absolute Gasteiger partial charge is 0.223 e. The maximum Gasteiger partial charge on any atom is 0.223 e. The van der Waals surface area contributed by atoms with E-state index in [0.29, 0.717) is 5.95 Å². The molecular formula is C11H16BrN3S. The molecule has 5 heteroatoms. The lowest BCUT2D eigenvalue weighted by atomic mass is 10.0. The second-order valence-corrected chi connectivity index (χ2v) is 6.12. The van der Waals surface area contributed by atoms with Crippen molar-refractivity contribution in [1.82, 2.24) is 9.97 Å². The summed E-state index contributed by atoms with van der Waals surface area (Å²) in [5.74, 6) is 0.696. The van der Waals surface area contributed by atoms with Crippen LogP contribution in [0.25, 0.3) is 0 Å². The molecule has 1 heterocycles. The van der Waals surface area contributed by atoms with Gasteiger partial charge in [0.1, 0.15) is 5.03 Å². The van der Waals surface area contributed by atoms with Gasteiger partial charge in [0.15, 0.2) is 0 Å². The molecule has 3 nitrogen and oxygen atoms in total. The van der Waals surface area contributed by atoms with Gasteiger partial charge in [0.2, 0.25) is 5.95 Å². The summed E-state index contributed by atoms with van der Waals surface area (Å²) in [6, 6.07) is 0. The molecule has 0 aromatic carbocycles. The highest BCUT2D eigenvalue weighted by molar-refractivity contribution is 9.10. The van der Waals surface area contributed by atoms with Crippen LogP contribution >= 0.6 is 27.7 Å². The van der Waals surface area contributed by atoms with Gasteiger partial charge in [-0.05, 0) is 28.8 Å². The Hall–Kier alpha value is -0.290. The molecule has 0 aliphatic heterocycles. The van der Waals surface area contributed by atoms with Crippen molar-refractivity contribution in [3.8, 4) is 0 Å². The van der Waals surface area contributed by atoms with Crippen LogP contribution < -0.4 is 5.32 Å².